The molecule has 0 aliphatic carbocycles. The van der Waals surface area contributed by atoms with E-state index >= 15 is 0 Å². The average molecular weight is 213 g/mol. The van der Waals surface area contributed by atoms with Gasteiger partial charge in [-0.15, -0.1) is 0 Å². The van der Waals surface area contributed by atoms with Crippen LogP contribution in [0.1, 0.15) is 19.8 Å². The summed E-state index contributed by atoms with van der Waals surface area (Å²) in [6.07, 6.45) is 1.93. The van der Waals surface area contributed by atoms with Gasteiger partial charge in [0.25, 0.3) is 0 Å². The van der Waals surface area contributed by atoms with Crippen molar-refractivity contribution in [3.63, 3.8) is 0 Å². The van der Waals surface area contributed by atoms with E-state index in [0.717, 1.165) is 32.6 Å². The molecule has 2 aliphatic rings. The topological polar surface area (TPSA) is 58.6 Å². The van der Waals surface area contributed by atoms with Crippen molar-refractivity contribution in [1.82, 2.24) is 5.32 Å². The molecule has 15 heavy (non-hydrogen) atoms. The van der Waals surface area contributed by atoms with E-state index in [2.05, 4.69) is 12.2 Å². The molecule has 3 unspecified atom stereocenters. The Balaban J connectivity index is 2.21. The van der Waals surface area contributed by atoms with Crippen LogP contribution in [0.2, 0.25) is 0 Å². The second-order valence-electron chi connectivity index (χ2n) is 4.67. The summed E-state index contributed by atoms with van der Waals surface area (Å²) in [5.41, 5.74) is -0.0810. The van der Waals surface area contributed by atoms with Gasteiger partial charge in [0.05, 0.1) is 12.5 Å². The zero-order chi connectivity index (χ0) is 10.9. The van der Waals surface area contributed by atoms with Gasteiger partial charge in [-0.25, -0.2) is 0 Å². The van der Waals surface area contributed by atoms with Crippen molar-refractivity contribution in [2.75, 3.05) is 26.3 Å². The minimum Gasteiger partial charge on any atom is -0.481 e. The first-order chi connectivity index (χ1) is 7.20. The van der Waals surface area contributed by atoms with Gasteiger partial charge in [0.2, 0.25) is 0 Å². The van der Waals surface area contributed by atoms with Crippen LogP contribution >= 0.6 is 0 Å². The third kappa shape index (κ3) is 1.66. The Hall–Kier alpha value is -0.610. The van der Waals surface area contributed by atoms with Gasteiger partial charge < -0.3 is 15.2 Å². The quantitative estimate of drug-likeness (QED) is 0.725. The SMILES string of the molecule is CCC1(C2CCOC2)CNCC1C(=O)O. The van der Waals surface area contributed by atoms with Gasteiger partial charge >= 0.3 is 5.97 Å². The van der Waals surface area contributed by atoms with Crippen molar-refractivity contribution in [3.05, 3.63) is 0 Å². The Morgan fingerprint density at radius 2 is 2.47 bits per heavy atom. The predicted octanol–water partition coefficient (Wildman–Crippen LogP) is 0.723. The predicted molar refractivity (Wildman–Crippen MR) is 55.6 cm³/mol. The minimum absolute atomic E-state index is 0.0810. The number of nitrogens with one attached hydrogen (secondary N) is 1. The molecule has 86 valence electrons. The first-order valence-corrected chi connectivity index (χ1v) is 5.72. The molecule has 2 aliphatic heterocycles. The van der Waals surface area contributed by atoms with Gasteiger partial charge in [0.1, 0.15) is 0 Å². The number of aliphatic carboxylic acids is 1. The van der Waals surface area contributed by atoms with Gasteiger partial charge in [0.15, 0.2) is 0 Å². The summed E-state index contributed by atoms with van der Waals surface area (Å²) < 4.78 is 5.40. The molecule has 0 aromatic heterocycles. The number of carboxylic acid groups (broad SMARTS) is 1. The Bertz CT molecular complexity index is 250. The fourth-order valence-electron chi connectivity index (χ4n) is 3.19. The van der Waals surface area contributed by atoms with E-state index in [-0.39, 0.29) is 11.3 Å². The smallest absolute Gasteiger partial charge is 0.308 e. The summed E-state index contributed by atoms with van der Waals surface area (Å²) in [7, 11) is 0. The van der Waals surface area contributed by atoms with E-state index in [0.29, 0.717) is 12.5 Å². The molecule has 0 aromatic carbocycles. The fourth-order valence-corrected chi connectivity index (χ4v) is 3.19. The lowest BCUT2D eigenvalue weighted by atomic mass is 9.66. The van der Waals surface area contributed by atoms with Crippen LogP contribution in [-0.4, -0.2) is 37.4 Å². The zero-order valence-corrected chi connectivity index (χ0v) is 9.16. The fraction of sp³-hybridized carbons (Fsp3) is 0.909. The summed E-state index contributed by atoms with van der Waals surface area (Å²) in [6, 6.07) is 0. The van der Waals surface area contributed by atoms with E-state index in [1.165, 1.54) is 0 Å². The van der Waals surface area contributed by atoms with E-state index in [1.54, 1.807) is 0 Å². The lowest BCUT2D eigenvalue weighted by Crippen LogP contribution is -2.41. The number of carbonyl (C=O) groups is 1. The highest BCUT2D eigenvalue weighted by atomic mass is 16.5. The molecule has 0 radical (unpaired) electrons. The molecule has 0 saturated carbocycles. The zero-order valence-electron chi connectivity index (χ0n) is 9.16. The average Bonchev–Trinajstić information content (AvgIpc) is 2.87. The lowest BCUT2D eigenvalue weighted by Gasteiger charge is -2.36. The Kier molecular flexibility index (Phi) is 2.98. The molecule has 0 aromatic rings. The molecule has 4 nitrogen and oxygen atoms in total. The normalized spacial score (nSPS) is 40.9. The third-order valence-corrected chi connectivity index (χ3v) is 4.20. The highest BCUT2D eigenvalue weighted by molar-refractivity contribution is 5.72. The number of rotatable bonds is 3. The van der Waals surface area contributed by atoms with Crippen LogP contribution in [0.25, 0.3) is 0 Å². The van der Waals surface area contributed by atoms with Gasteiger partial charge in [-0.1, -0.05) is 6.92 Å². The molecule has 2 rings (SSSR count). The summed E-state index contributed by atoms with van der Waals surface area (Å²) in [6.45, 7) is 5.06. The molecule has 0 spiro atoms. The van der Waals surface area contributed by atoms with Crippen molar-refractivity contribution in [3.8, 4) is 0 Å². The maximum absolute atomic E-state index is 11.3. The molecule has 0 bridgehead atoms. The first kappa shape index (κ1) is 10.9. The summed E-state index contributed by atoms with van der Waals surface area (Å²) in [5.74, 6) is -0.485. The molecular formula is C11H19NO3. The van der Waals surface area contributed by atoms with Crippen molar-refractivity contribution in [2.45, 2.75) is 19.8 Å². The molecule has 2 fully saturated rings. The molecule has 4 heteroatoms. The lowest BCUT2D eigenvalue weighted by molar-refractivity contribution is -0.146. The largest absolute Gasteiger partial charge is 0.481 e. The Morgan fingerprint density at radius 1 is 1.67 bits per heavy atom. The third-order valence-electron chi connectivity index (χ3n) is 4.20. The maximum atomic E-state index is 11.3. The van der Waals surface area contributed by atoms with Crippen LogP contribution in [-0.2, 0) is 9.53 Å². The van der Waals surface area contributed by atoms with Crippen molar-refractivity contribution in [2.24, 2.45) is 17.3 Å². The van der Waals surface area contributed by atoms with Crippen LogP contribution in [0.15, 0.2) is 0 Å². The van der Waals surface area contributed by atoms with Gasteiger partial charge in [0, 0.05) is 25.1 Å². The van der Waals surface area contributed by atoms with Gasteiger partial charge in [-0.3, -0.25) is 4.79 Å². The van der Waals surface area contributed by atoms with Crippen LogP contribution in [0.3, 0.4) is 0 Å². The van der Waals surface area contributed by atoms with Gasteiger partial charge in [-0.2, -0.15) is 0 Å². The number of hydrogen-bond donors (Lipinski definition) is 2. The van der Waals surface area contributed by atoms with Crippen LogP contribution < -0.4 is 5.32 Å². The number of carboxylic acids is 1. The number of hydrogen-bond acceptors (Lipinski definition) is 3. The van der Waals surface area contributed by atoms with Crippen molar-refractivity contribution < 1.29 is 14.6 Å². The molecule has 2 N–H and O–H groups in total. The van der Waals surface area contributed by atoms with Crippen LogP contribution in [0, 0.1) is 17.3 Å². The standard InChI is InChI=1S/C11H19NO3/c1-2-11(8-3-4-15-6-8)7-12-5-9(11)10(13)14/h8-9,12H,2-7H2,1H3,(H,13,14). The molecule has 0 amide bonds. The second kappa shape index (κ2) is 4.10. The van der Waals surface area contributed by atoms with Gasteiger partial charge in [-0.05, 0) is 18.8 Å². The van der Waals surface area contributed by atoms with E-state index in [4.69, 9.17) is 4.74 Å². The van der Waals surface area contributed by atoms with Crippen molar-refractivity contribution in [1.29, 1.82) is 0 Å². The Labute approximate surface area is 90.0 Å². The van der Waals surface area contributed by atoms with Crippen LogP contribution in [0.4, 0.5) is 0 Å². The molecule has 2 heterocycles. The van der Waals surface area contributed by atoms with E-state index < -0.39 is 5.97 Å². The molecular weight excluding hydrogens is 194 g/mol. The van der Waals surface area contributed by atoms with Crippen LogP contribution in [0.5, 0.6) is 0 Å². The summed E-state index contributed by atoms with van der Waals surface area (Å²) in [4.78, 5) is 11.3. The Morgan fingerprint density at radius 3 is 3.00 bits per heavy atom. The highest BCUT2D eigenvalue weighted by Gasteiger charge is 2.51. The monoisotopic (exact) mass is 213 g/mol. The van der Waals surface area contributed by atoms with Crippen molar-refractivity contribution >= 4 is 5.97 Å². The second-order valence-corrected chi connectivity index (χ2v) is 4.67. The summed E-state index contributed by atoms with van der Waals surface area (Å²) >= 11 is 0. The van der Waals surface area contributed by atoms with E-state index in [1.807, 2.05) is 0 Å². The number of ether oxygens (including phenoxy) is 1. The maximum Gasteiger partial charge on any atom is 0.308 e. The minimum atomic E-state index is -0.659. The van der Waals surface area contributed by atoms with E-state index in [9.17, 15) is 9.90 Å². The first-order valence-electron chi connectivity index (χ1n) is 5.72. The molecule has 3 atom stereocenters. The summed E-state index contributed by atoms with van der Waals surface area (Å²) in [5, 5.41) is 12.5. The highest BCUT2D eigenvalue weighted by Crippen LogP contribution is 2.45. The molecule has 2 saturated heterocycles.